The Kier molecular flexibility index (Phi) is 5.73. The van der Waals surface area contributed by atoms with Crippen LogP contribution in [0.3, 0.4) is 0 Å². The van der Waals surface area contributed by atoms with Crippen molar-refractivity contribution in [2.24, 2.45) is 0 Å². The lowest BCUT2D eigenvalue weighted by atomic mass is 9.59. The Morgan fingerprint density at radius 3 is 2.19 bits per heavy atom. The predicted molar refractivity (Wildman–Crippen MR) is 217 cm³/mol. The first kappa shape index (κ1) is 28.7. The number of fused-ring (bicyclic) bond motifs is 12. The van der Waals surface area contributed by atoms with Crippen molar-refractivity contribution < 1.29 is 13.9 Å². The summed E-state index contributed by atoms with van der Waals surface area (Å²) in [6.07, 6.45) is 0. The van der Waals surface area contributed by atoms with E-state index in [9.17, 15) is 0 Å². The number of aryl methyl sites for hydroxylation is 1. The Bertz CT molecular complexity index is 3210. The zero-order chi connectivity index (χ0) is 34.8. The Balaban J connectivity index is 1.12. The molecule has 8 aromatic carbocycles. The van der Waals surface area contributed by atoms with Gasteiger partial charge in [0.25, 0.3) is 0 Å². The summed E-state index contributed by atoms with van der Waals surface area (Å²) in [7, 11) is 2.35. The lowest BCUT2D eigenvalue weighted by molar-refractivity contribution is 0.360. The second kappa shape index (κ2) is 10.6. The first-order valence-corrected chi connectivity index (χ1v) is 17.9. The highest BCUT2D eigenvalue weighted by atomic mass is 16.6. The fraction of sp³-hybridized carbons (Fsp3) is 0.0213. The van der Waals surface area contributed by atoms with E-state index in [-0.39, 0.29) is 0 Å². The molecule has 0 saturated heterocycles. The Hall–Kier alpha value is -6.92. The van der Waals surface area contributed by atoms with Crippen LogP contribution in [0.5, 0.6) is 23.0 Å². The van der Waals surface area contributed by atoms with E-state index >= 15 is 0 Å². The van der Waals surface area contributed by atoms with Gasteiger partial charge in [0.15, 0.2) is 35.9 Å². The van der Waals surface area contributed by atoms with E-state index in [1.54, 1.807) is 0 Å². The maximum Gasteiger partial charge on any atom is 0.197 e. The third-order valence-electron chi connectivity index (χ3n) is 10.9. The number of nitrogens with zero attached hydrogens (tertiary/aromatic N) is 1. The highest BCUT2D eigenvalue weighted by Crippen LogP contribution is 2.50. The molecule has 0 aliphatic carbocycles. The number of ether oxygens (including phenoxy) is 2. The number of anilines is 2. The number of benzene rings is 8. The van der Waals surface area contributed by atoms with Crippen molar-refractivity contribution in [3.8, 4) is 39.8 Å². The molecule has 2 aromatic heterocycles. The van der Waals surface area contributed by atoms with E-state index in [1.165, 1.54) is 38.0 Å². The number of hydrogen-bond acceptors (Lipinski definition) is 4. The zero-order valence-electron chi connectivity index (χ0n) is 28.6. The summed E-state index contributed by atoms with van der Waals surface area (Å²) in [5, 5.41) is 11.0. The van der Waals surface area contributed by atoms with Gasteiger partial charge >= 0.3 is 0 Å². The molecule has 6 heteroatoms. The predicted octanol–water partition coefficient (Wildman–Crippen LogP) is 11.4. The van der Waals surface area contributed by atoms with Crippen molar-refractivity contribution in [2.45, 2.75) is 6.92 Å². The van der Waals surface area contributed by atoms with Gasteiger partial charge in [0.2, 0.25) is 0 Å². The second-order valence-electron chi connectivity index (χ2n) is 14.1. The number of para-hydroxylation sites is 5. The largest absolute Gasteiger partial charge is 0.454 e. The van der Waals surface area contributed by atoms with Crippen LogP contribution in [0.4, 0.5) is 11.4 Å². The van der Waals surface area contributed by atoms with Crippen LogP contribution >= 0.6 is 0 Å². The standard InChI is InChI=1S/C47H28BN2O3/c1-26-22-33(45-38(23-26)50-37-21-20-27-10-2-3-11-28(27)44(37)31-14-8-15-34(48-45)46(31)50)32-24-42-43(52-41-19-7-6-18-40(41)51-42)25-36(32)49-35-16-9-13-30-29-12-4-5-17-39(29)53-47(30)35/h2-25,49H,1H3. The van der Waals surface area contributed by atoms with Gasteiger partial charge in [0.1, 0.15) is 5.58 Å². The topological polar surface area (TPSA) is 48.6 Å². The van der Waals surface area contributed by atoms with Crippen LogP contribution in [0.25, 0.3) is 71.3 Å². The number of hydrogen-bond donors (Lipinski definition) is 1. The Morgan fingerprint density at radius 2 is 1.30 bits per heavy atom. The molecule has 0 spiro atoms. The highest BCUT2D eigenvalue weighted by Gasteiger charge is 2.29. The molecular formula is C47H28BN2O3. The number of furan rings is 1. The number of aromatic nitrogens is 1. The van der Waals surface area contributed by atoms with Crippen LogP contribution < -0.4 is 25.7 Å². The Morgan fingerprint density at radius 1 is 0.566 bits per heavy atom. The lowest BCUT2D eigenvalue weighted by Gasteiger charge is -2.27. The van der Waals surface area contributed by atoms with E-state index in [2.05, 4.69) is 127 Å². The van der Waals surface area contributed by atoms with Crippen LogP contribution in [-0.4, -0.2) is 11.8 Å². The van der Waals surface area contributed by atoms with Gasteiger partial charge < -0.3 is 23.8 Å². The van der Waals surface area contributed by atoms with E-state index in [0.717, 1.165) is 61.2 Å². The Labute approximate surface area is 304 Å². The fourth-order valence-corrected chi connectivity index (χ4v) is 8.61. The number of nitrogens with one attached hydrogen (secondary N) is 1. The van der Waals surface area contributed by atoms with Crippen LogP contribution in [0.1, 0.15) is 5.56 Å². The second-order valence-corrected chi connectivity index (χ2v) is 14.1. The quantitative estimate of drug-likeness (QED) is 0.189. The minimum atomic E-state index is 0.646. The molecule has 0 atom stereocenters. The summed E-state index contributed by atoms with van der Waals surface area (Å²) in [6.45, 7) is 2.18. The van der Waals surface area contributed by atoms with E-state index in [4.69, 9.17) is 13.9 Å². The fourth-order valence-electron chi connectivity index (χ4n) is 8.61. The molecule has 10 aromatic rings. The van der Waals surface area contributed by atoms with Gasteiger partial charge in [-0.25, -0.2) is 0 Å². The third-order valence-corrected chi connectivity index (χ3v) is 10.9. The maximum absolute atomic E-state index is 6.53. The summed E-state index contributed by atoms with van der Waals surface area (Å²) < 4.78 is 22.0. The van der Waals surface area contributed by atoms with Crippen LogP contribution in [0, 0.1) is 6.92 Å². The smallest absolute Gasteiger partial charge is 0.197 e. The molecule has 1 radical (unpaired) electrons. The van der Waals surface area contributed by atoms with Gasteiger partial charge in [-0.15, -0.1) is 0 Å². The first-order valence-electron chi connectivity index (χ1n) is 17.9. The monoisotopic (exact) mass is 679 g/mol. The average molecular weight is 680 g/mol. The molecule has 12 rings (SSSR count). The van der Waals surface area contributed by atoms with Crippen molar-refractivity contribution in [3.63, 3.8) is 0 Å². The van der Waals surface area contributed by atoms with Crippen molar-refractivity contribution in [3.05, 3.63) is 151 Å². The molecular weight excluding hydrogens is 651 g/mol. The highest BCUT2D eigenvalue weighted by molar-refractivity contribution is 6.73. The molecule has 0 bridgehead atoms. The van der Waals surface area contributed by atoms with Gasteiger partial charge in [-0.3, -0.25) is 0 Å². The summed E-state index contributed by atoms with van der Waals surface area (Å²) >= 11 is 0. The van der Waals surface area contributed by atoms with Gasteiger partial charge in [0, 0.05) is 44.4 Å². The molecule has 1 N–H and O–H groups in total. The third kappa shape index (κ3) is 4.09. The van der Waals surface area contributed by atoms with Crippen LogP contribution in [0.2, 0.25) is 0 Å². The zero-order valence-corrected chi connectivity index (χ0v) is 28.6. The van der Waals surface area contributed by atoms with E-state index in [1.807, 2.05) is 42.5 Å². The molecule has 0 saturated carbocycles. The van der Waals surface area contributed by atoms with Gasteiger partial charge in [-0.1, -0.05) is 103 Å². The molecule has 4 heterocycles. The molecule has 53 heavy (non-hydrogen) atoms. The van der Waals surface area contributed by atoms with Gasteiger partial charge in [-0.2, -0.15) is 0 Å². The van der Waals surface area contributed by atoms with Crippen molar-refractivity contribution in [1.29, 1.82) is 0 Å². The van der Waals surface area contributed by atoms with E-state index in [0.29, 0.717) is 23.0 Å². The van der Waals surface area contributed by atoms with Crippen LogP contribution in [0.15, 0.2) is 150 Å². The lowest BCUT2D eigenvalue weighted by Crippen LogP contribution is -2.37. The van der Waals surface area contributed by atoms with Crippen molar-refractivity contribution in [1.82, 2.24) is 4.57 Å². The molecule has 5 nitrogen and oxygen atoms in total. The summed E-state index contributed by atoms with van der Waals surface area (Å²) in [4.78, 5) is 0. The molecule has 2 aliphatic rings. The molecule has 2 aliphatic heterocycles. The molecule has 0 fully saturated rings. The summed E-state index contributed by atoms with van der Waals surface area (Å²) in [5.41, 5.74) is 12.6. The number of rotatable bonds is 3. The minimum Gasteiger partial charge on any atom is -0.454 e. The van der Waals surface area contributed by atoms with Gasteiger partial charge in [-0.05, 0) is 76.8 Å². The molecule has 247 valence electrons. The normalized spacial score (nSPS) is 12.7. The van der Waals surface area contributed by atoms with E-state index < -0.39 is 0 Å². The van der Waals surface area contributed by atoms with Crippen molar-refractivity contribution >= 4 is 84.1 Å². The van der Waals surface area contributed by atoms with Crippen molar-refractivity contribution in [2.75, 3.05) is 5.32 Å². The summed E-state index contributed by atoms with van der Waals surface area (Å²) in [5.74, 6) is 2.69. The van der Waals surface area contributed by atoms with Gasteiger partial charge in [0.05, 0.1) is 16.9 Å². The first-order chi connectivity index (χ1) is 26.2. The summed E-state index contributed by atoms with van der Waals surface area (Å²) in [6, 6.07) is 50.9. The average Bonchev–Trinajstić information content (AvgIpc) is 3.75. The molecule has 0 unspecified atom stereocenters. The maximum atomic E-state index is 6.53. The molecule has 0 amide bonds. The SMILES string of the molecule is Cc1cc(-c2cc3c(cc2Nc2cccc4c2oc2ccccc24)Oc2ccccc2O3)c2c(c1)-n1c3ccc4ccccc4c3c3cccc(c31)[B]2. The minimum absolute atomic E-state index is 0.646. The van der Waals surface area contributed by atoms with Crippen LogP contribution in [-0.2, 0) is 0 Å².